The van der Waals surface area contributed by atoms with Crippen molar-refractivity contribution in [3.8, 4) is 0 Å². The maximum atomic E-state index is 11.8. The molecule has 2 N–H and O–H groups in total. The van der Waals surface area contributed by atoms with Gasteiger partial charge in [0.25, 0.3) is 0 Å². The van der Waals surface area contributed by atoms with Crippen LogP contribution in [0.1, 0.15) is 33.1 Å². The lowest BCUT2D eigenvalue weighted by molar-refractivity contribution is -0.125. The molecule has 2 atom stereocenters. The van der Waals surface area contributed by atoms with Crippen LogP contribution in [0.4, 0.5) is 0 Å². The van der Waals surface area contributed by atoms with Gasteiger partial charge in [-0.15, -0.1) is 0 Å². The first-order valence-corrected chi connectivity index (χ1v) is 6.26. The average molecular weight is 225 g/mol. The first-order chi connectivity index (χ1) is 7.53. The van der Waals surface area contributed by atoms with Crippen LogP contribution < -0.4 is 10.6 Å². The van der Waals surface area contributed by atoms with Crippen molar-refractivity contribution in [1.29, 1.82) is 0 Å². The van der Waals surface area contributed by atoms with Gasteiger partial charge in [-0.3, -0.25) is 9.69 Å². The maximum absolute atomic E-state index is 11.8. The lowest BCUT2D eigenvalue weighted by Crippen LogP contribution is -2.47. The Morgan fingerprint density at radius 3 is 2.81 bits per heavy atom. The molecule has 2 fully saturated rings. The third-order valence-electron chi connectivity index (χ3n) is 3.87. The van der Waals surface area contributed by atoms with E-state index in [1.807, 2.05) is 0 Å². The fourth-order valence-electron chi connectivity index (χ4n) is 3.04. The molecule has 0 aromatic rings. The van der Waals surface area contributed by atoms with Gasteiger partial charge >= 0.3 is 0 Å². The van der Waals surface area contributed by atoms with E-state index >= 15 is 0 Å². The molecule has 0 aliphatic carbocycles. The molecule has 0 spiro atoms. The summed E-state index contributed by atoms with van der Waals surface area (Å²) in [5.41, 5.74) is 0.223. The molecule has 0 saturated carbocycles. The zero-order chi connectivity index (χ0) is 11.8. The van der Waals surface area contributed by atoms with Crippen molar-refractivity contribution in [3.63, 3.8) is 0 Å². The van der Waals surface area contributed by atoms with Gasteiger partial charge in [0.15, 0.2) is 0 Å². The minimum atomic E-state index is 0.102. The van der Waals surface area contributed by atoms with Gasteiger partial charge in [0, 0.05) is 25.2 Å². The van der Waals surface area contributed by atoms with Crippen molar-refractivity contribution in [2.75, 3.05) is 20.1 Å². The molecule has 2 rings (SSSR count). The SMILES string of the molecule is CNC(=O)C1CCCN1C1CNC(C)(C)C1. The van der Waals surface area contributed by atoms with E-state index < -0.39 is 0 Å². The Balaban J connectivity index is 2.01. The number of hydrogen-bond acceptors (Lipinski definition) is 3. The van der Waals surface area contributed by atoms with Crippen LogP contribution >= 0.6 is 0 Å². The molecule has 0 radical (unpaired) electrons. The van der Waals surface area contributed by atoms with Gasteiger partial charge in [-0.2, -0.15) is 0 Å². The Kier molecular flexibility index (Phi) is 3.22. The summed E-state index contributed by atoms with van der Waals surface area (Å²) in [5.74, 6) is 0.183. The number of nitrogens with one attached hydrogen (secondary N) is 2. The molecule has 0 aromatic heterocycles. The van der Waals surface area contributed by atoms with Gasteiger partial charge in [0.1, 0.15) is 0 Å². The summed E-state index contributed by atoms with van der Waals surface area (Å²) in [6.45, 7) is 6.55. The number of nitrogens with zero attached hydrogens (tertiary/aromatic N) is 1. The summed E-state index contributed by atoms with van der Waals surface area (Å²) in [6, 6.07) is 0.630. The van der Waals surface area contributed by atoms with Crippen LogP contribution in [-0.2, 0) is 4.79 Å². The summed E-state index contributed by atoms with van der Waals surface area (Å²) in [7, 11) is 1.73. The minimum absolute atomic E-state index is 0.102. The number of carbonyl (C=O) groups is 1. The highest BCUT2D eigenvalue weighted by Crippen LogP contribution is 2.28. The van der Waals surface area contributed by atoms with Crippen molar-refractivity contribution in [1.82, 2.24) is 15.5 Å². The molecule has 92 valence electrons. The molecular weight excluding hydrogens is 202 g/mol. The molecule has 2 aliphatic rings. The molecule has 2 unspecified atom stereocenters. The normalized spacial score (nSPS) is 34.2. The fraction of sp³-hybridized carbons (Fsp3) is 0.917. The van der Waals surface area contributed by atoms with Crippen LogP contribution in [0.5, 0.6) is 0 Å². The summed E-state index contributed by atoms with van der Waals surface area (Å²) in [5, 5.41) is 6.31. The van der Waals surface area contributed by atoms with Crippen molar-refractivity contribution in [2.45, 2.75) is 50.7 Å². The van der Waals surface area contributed by atoms with E-state index in [1.165, 1.54) is 0 Å². The van der Waals surface area contributed by atoms with Crippen LogP contribution in [-0.4, -0.2) is 48.6 Å². The monoisotopic (exact) mass is 225 g/mol. The number of likely N-dealkylation sites (tertiary alicyclic amines) is 1. The first kappa shape index (κ1) is 11.9. The number of hydrogen-bond donors (Lipinski definition) is 2. The quantitative estimate of drug-likeness (QED) is 0.712. The Morgan fingerprint density at radius 2 is 2.25 bits per heavy atom. The second-order valence-electron chi connectivity index (χ2n) is 5.63. The second kappa shape index (κ2) is 4.34. The van der Waals surface area contributed by atoms with Gasteiger partial charge < -0.3 is 10.6 Å². The number of rotatable bonds is 2. The molecule has 4 heteroatoms. The van der Waals surface area contributed by atoms with Gasteiger partial charge in [-0.1, -0.05) is 0 Å². The molecule has 0 bridgehead atoms. The van der Waals surface area contributed by atoms with Gasteiger partial charge in [0.05, 0.1) is 6.04 Å². The molecule has 2 aliphatic heterocycles. The van der Waals surface area contributed by atoms with Crippen molar-refractivity contribution >= 4 is 5.91 Å². The van der Waals surface area contributed by atoms with E-state index in [2.05, 4.69) is 29.4 Å². The highest BCUT2D eigenvalue weighted by molar-refractivity contribution is 5.81. The van der Waals surface area contributed by atoms with E-state index in [-0.39, 0.29) is 17.5 Å². The molecule has 16 heavy (non-hydrogen) atoms. The van der Waals surface area contributed by atoms with Crippen molar-refractivity contribution < 1.29 is 4.79 Å². The maximum Gasteiger partial charge on any atom is 0.237 e. The number of amides is 1. The highest BCUT2D eigenvalue weighted by atomic mass is 16.2. The summed E-state index contributed by atoms with van der Waals surface area (Å²) in [6.07, 6.45) is 3.30. The van der Waals surface area contributed by atoms with Gasteiger partial charge in [0.2, 0.25) is 5.91 Å². The van der Waals surface area contributed by atoms with E-state index in [4.69, 9.17) is 0 Å². The first-order valence-electron chi connectivity index (χ1n) is 6.26. The largest absolute Gasteiger partial charge is 0.358 e. The number of carbonyl (C=O) groups excluding carboxylic acids is 1. The molecule has 4 nitrogen and oxygen atoms in total. The van der Waals surface area contributed by atoms with E-state index in [0.29, 0.717) is 6.04 Å². The van der Waals surface area contributed by atoms with Gasteiger partial charge in [-0.05, 0) is 39.7 Å². The van der Waals surface area contributed by atoms with Crippen LogP contribution in [0.2, 0.25) is 0 Å². The molecule has 0 aromatic carbocycles. The fourth-order valence-corrected chi connectivity index (χ4v) is 3.04. The topological polar surface area (TPSA) is 44.4 Å². The average Bonchev–Trinajstić information content (AvgIpc) is 2.82. The van der Waals surface area contributed by atoms with Crippen LogP contribution in [0, 0.1) is 0 Å². The van der Waals surface area contributed by atoms with Crippen LogP contribution in [0.25, 0.3) is 0 Å². The van der Waals surface area contributed by atoms with Gasteiger partial charge in [-0.25, -0.2) is 0 Å². The zero-order valence-corrected chi connectivity index (χ0v) is 10.5. The van der Waals surface area contributed by atoms with Crippen LogP contribution in [0.3, 0.4) is 0 Å². The Hall–Kier alpha value is -0.610. The number of likely N-dealkylation sites (N-methyl/N-ethyl adjacent to an activating group) is 1. The smallest absolute Gasteiger partial charge is 0.237 e. The van der Waals surface area contributed by atoms with E-state index in [1.54, 1.807) is 7.05 Å². The lowest BCUT2D eigenvalue weighted by atomic mass is 10.00. The van der Waals surface area contributed by atoms with Crippen molar-refractivity contribution in [3.05, 3.63) is 0 Å². The van der Waals surface area contributed by atoms with Crippen molar-refractivity contribution in [2.24, 2.45) is 0 Å². The predicted molar refractivity (Wildman–Crippen MR) is 64.3 cm³/mol. The second-order valence-corrected chi connectivity index (χ2v) is 5.63. The molecule has 2 heterocycles. The zero-order valence-electron chi connectivity index (χ0n) is 10.5. The van der Waals surface area contributed by atoms with E-state index in [9.17, 15) is 4.79 Å². The standard InChI is InChI=1S/C12H23N3O/c1-12(2)7-9(8-14-12)15-6-4-5-10(15)11(16)13-3/h9-10,14H,4-8H2,1-3H3,(H,13,16). The molecule has 2 saturated heterocycles. The predicted octanol–water partition coefficient (Wildman–Crippen LogP) is 0.337. The summed E-state index contributed by atoms with van der Waals surface area (Å²) in [4.78, 5) is 14.2. The lowest BCUT2D eigenvalue weighted by Gasteiger charge is -2.29. The third kappa shape index (κ3) is 2.23. The Labute approximate surface area is 97.8 Å². The highest BCUT2D eigenvalue weighted by Gasteiger charge is 2.40. The Morgan fingerprint density at radius 1 is 1.50 bits per heavy atom. The molecule has 1 amide bonds. The van der Waals surface area contributed by atoms with Crippen LogP contribution in [0.15, 0.2) is 0 Å². The Bertz CT molecular complexity index is 277. The molecular formula is C12H23N3O. The third-order valence-corrected chi connectivity index (χ3v) is 3.87. The summed E-state index contributed by atoms with van der Waals surface area (Å²) < 4.78 is 0. The minimum Gasteiger partial charge on any atom is -0.358 e. The summed E-state index contributed by atoms with van der Waals surface area (Å²) >= 11 is 0. The van der Waals surface area contributed by atoms with E-state index in [0.717, 1.165) is 32.4 Å².